The van der Waals surface area contributed by atoms with Crippen LogP contribution < -0.4 is 10.2 Å². The van der Waals surface area contributed by atoms with Crippen LogP contribution in [0.25, 0.3) is 5.69 Å². The van der Waals surface area contributed by atoms with E-state index in [0.29, 0.717) is 12.5 Å². The number of carbonyl (C=O) groups excluding carboxylic acids is 1. The molecule has 1 saturated heterocycles. The maximum atomic E-state index is 12.5. The van der Waals surface area contributed by atoms with Crippen LogP contribution in [-0.2, 0) is 4.79 Å². The molecule has 2 N–H and O–H groups in total. The van der Waals surface area contributed by atoms with Crippen LogP contribution in [0, 0.1) is 19.8 Å². The molecule has 0 radical (unpaired) electrons. The third-order valence-electron chi connectivity index (χ3n) is 4.65. The van der Waals surface area contributed by atoms with Crippen LogP contribution >= 0.6 is 0 Å². The van der Waals surface area contributed by atoms with Crippen molar-refractivity contribution in [3.05, 3.63) is 41.6 Å². The number of nitrogens with zero attached hydrogens (tertiary/aromatic N) is 2. The third kappa shape index (κ3) is 4.03. The number of rotatable bonds is 4. The van der Waals surface area contributed by atoms with E-state index in [1.165, 1.54) is 23.3 Å². The largest absolute Gasteiger partial charge is 0.327 e. The second kappa shape index (κ2) is 7.18. The second-order valence-electron chi connectivity index (χ2n) is 7.09. The number of anilines is 1. The first-order valence-corrected chi connectivity index (χ1v) is 8.78. The van der Waals surface area contributed by atoms with Gasteiger partial charge in [0.1, 0.15) is 5.82 Å². The summed E-state index contributed by atoms with van der Waals surface area (Å²) in [4.78, 5) is 13.8. The monoisotopic (exact) mass is 327 g/mol. The minimum atomic E-state index is 0.0624. The van der Waals surface area contributed by atoms with Gasteiger partial charge in [0.25, 0.3) is 5.91 Å². The molecule has 5 nitrogen and oxygen atoms in total. The van der Waals surface area contributed by atoms with Gasteiger partial charge in [-0.25, -0.2) is 4.68 Å². The number of benzene rings is 1. The van der Waals surface area contributed by atoms with Gasteiger partial charge in [0, 0.05) is 12.0 Å². The fraction of sp³-hybridized carbons (Fsp3) is 0.474. The third-order valence-corrected chi connectivity index (χ3v) is 4.65. The molecule has 0 saturated carbocycles. The molecule has 1 aromatic carbocycles. The summed E-state index contributed by atoms with van der Waals surface area (Å²) in [6.45, 7) is 8.98. The topological polar surface area (TPSA) is 51.4 Å². The zero-order chi connectivity index (χ0) is 17.1. The Kier molecular flexibility index (Phi) is 5.00. The molecule has 2 atom stereocenters. The molecule has 1 amide bonds. The molecule has 2 heterocycles. The van der Waals surface area contributed by atoms with Gasteiger partial charge in [0.05, 0.1) is 24.5 Å². The van der Waals surface area contributed by atoms with Gasteiger partial charge in [0.15, 0.2) is 6.54 Å². The zero-order valence-corrected chi connectivity index (χ0v) is 14.8. The Balaban J connectivity index is 1.70. The van der Waals surface area contributed by atoms with Gasteiger partial charge in [-0.2, -0.15) is 5.10 Å². The van der Waals surface area contributed by atoms with E-state index in [1.807, 2.05) is 25.1 Å². The van der Waals surface area contributed by atoms with Crippen molar-refractivity contribution in [3.8, 4) is 5.69 Å². The molecule has 5 heteroatoms. The number of aryl methyl sites for hydroxylation is 2. The van der Waals surface area contributed by atoms with Gasteiger partial charge in [-0.3, -0.25) is 4.79 Å². The minimum absolute atomic E-state index is 0.0624. The van der Waals surface area contributed by atoms with Gasteiger partial charge in [-0.1, -0.05) is 24.6 Å². The van der Waals surface area contributed by atoms with E-state index in [1.54, 1.807) is 4.68 Å². The Morgan fingerprint density at radius 1 is 1.33 bits per heavy atom. The summed E-state index contributed by atoms with van der Waals surface area (Å²) in [6.07, 6.45) is 2.49. The van der Waals surface area contributed by atoms with Crippen LogP contribution in [0.4, 0.5) is 5.82 Å². The van der Waals surface area contributed by atoms with Gasteiger partial charge in [0.2, 0.25) is 0 Å². The molecule has 1 aliphatic rings. The Morgan fingerprint density at radius 3 is 2.79 bits per heavy atom. The lowest BCUT2D eigenvalue weighted by Gasteiger charge is -2.27. The van der Waals surface area contributed by atoms with Crippen molar-refractivity contribution in [1.82, 2.24) is 9.78 Å². The molecule has 0 aliphatic carbocycles. The highest BCUT2D eigenvalue weighted by Crippen LogP contribution is 2.17. The number of hydrogen-bond acceptors (Lipinski definition) is 2. The van der Waals surface area contributed by atoms with Gasteiger partial charge < -0.3 is 10.2 Å². The van der Waals surface area contributed by atoms with Crippen LogP contribution in [0.15, 0.2) is 30.3 Å². The number of aromatic nitrogens is 2. The molecular weight excluding hydrogens is 300 g/mol. The summed E-state index contributed by atoms with van der Waals surface area (Å²) in [5.74, 6) is 1.51. The number of quaternary nitrogens is 1. The summed E-state index contributed by atoms with van der Waals surface area (Å²) >= 11 is 0. The van der Waals surface area contributed by atoms with Gasteiger partial charge >= 0.3 is 0 Å². The van der Waals surface area contributed by atoms with Crippen molar-refractivity contribution < 1.29 is 9.69 Å². The lowest BCUT2D eigenvalue weighted by atomic mass is 10.0. The van der Waals surface area contributed by atoms with Crippen molar-refractivity contribution in [2.45, 2.75) is 33.6 Å². The average Bonchev–Trinajstić information content (AvgIpc) is 2.88. The Hall–Kier alpha value is -2.14. The Labute approximate surface area is 143 Å². The number of piperidine rings is 1. The van der Waals surface area contributed by atoms with Crippen molar-refractivity contribution in [3.63, 3.8) is 0 Å². The highest BCUT2D eigenvalue weighted by Gasteiger charge is 2.22. The van der Waals surface area contributed by atoms with E-state index < -0.39 is 0 Å². The van der Waals surface area contributed by atoms with Crippen molar-refractivity contribution in [2.75, 3.05) is 25.0 Å². The van der Waals surface area contributed by atoms with E-state index in [9.17, 15) is 4.79 Å². The van der Waals surface area contributed by atoms with E-state index in [-0.39, 0.29) is 5.91 Å². The van der Waals surface area contributed by atoms with E-state index in [4.69, 9.17) is 0 Å². The summed E-state index contributed by atoms with van der Waals surface area (Å²) in [6, 6.07) is 10.1. The predicted molar refractivity (Wildman–Crippen MR) is 95.6 cm³/mol. The van der Waals surface area contributed by atoms with E-state index in [2.05, 4.69) is 36.4 Å². The second-order valence-corrected chi connectivity index (χ2v) is 7.09. The normalized spacial score (nSPS) is 20.8. The van der Waals surface area contributed by atoms with E-state index in [0.717, 1.165) is 30.3 Å². The number of carbonyl (C=O) groups is 1. The molecule has 2 aromatic rings. The number of hydrogen-bond donors (Lipinski definition) is 2. The molecule has 1 unspecified atom stereocenters. The lowest BCUT2D eigenvalue weighted by molar-refractivity contribution is -0.900. The van der Waals surface area contributed by atoms with E-state index >= 15 is 0 Å². The van der Waals surface area contributed by atoms with Gasteiger partial charge in [-0.05, 0) is 38.8 Å². The standard InChI is InChI=1S/C19H26N4O/c1-14-6-8-17(9-7-14)23-18(11-16(3)21-23)20-19(24)13-22-10-4-5-15(2)12-22/h6-9,11,15H,4-5,10,12-13H2,1-3H3,(H,20,24)/p+1/t15-/m1/s1. The number of nitrogens with one attached hydrogen (secondary N) is 2. The summed E-state index contributed by atoms with van der Waals surface area (Å²) in [5.41, 5.74) is 3.06. The molecule has 1 aliphatic heterocycles. The maximum absolute atomic E-state index is 12.5. The fourth-order valence-corrected chi connectivity index (χ4v) is 3.44. The maximum Gasteiger partial charge on any atom is 0.280 e. The molecule has 3 rings (SSSR count). The van der Waals surface area contributed by atoms with Crippen molar-refractivity contribution in [2.24, 2.45) is 5.92 Å². The molecule has 128 valence electrons. The first-order valence-electron chi connectivity index (χ1n) is 8.78. The average molecular weight is 327 g/mol. The van der Waals surface area contributed by atoms with Crippen LogP contribution in [0.2, 0.25) is 0 Å². The van der Waals surface area contributed by atoms with Crippen molar-refractivity contribution in [1.29, 1.82) is 0 Å². The predicted octanol–water partition coefficient (Wildman–Crippen LogP) is 1.74. The summed E-state index contributed by atoms with van der Waals surface area (Å²) in [5, 5.41) is 7.56. The van der Waals surface area contributed by atoms with Crippen LogP contribution in [0.3, 0.4) is 0 Å². The molecule has 0 spiro atoms. The first kappa shape index (κ1) is 16.7. The number of likely N-dealkylation sites (tertiary alicyclic amines) is 1. The zero-order valence-electron chi connectivity index (χ0n) is 14.8. The highest BCUT2D eigenvalue weighted by atomic mass is 16.2. The van der Waals surface area contributed by atoms with Crippen LogP contribution in [0.1, 0.15) is 31.0 Å². The summed E-state index contributed by atoms with van der Waals surface area (Å²) < 4.78 is 1.81. The summed E-state index contributed by atoms with van der Waals surface area (Å²) in [7, 11) is 0. The lowest BCUT2D eigenvalue weighted by Crippen LogP contribution is -3.14. The highest BCUT2D eigenvalue weighted by molar-refractivity contribution is 5.91. The van der Waals surface area contributed by atoms with Crippen LogP contribution in [-0.4, -0.2) is 35.3 Å². The van der Waals surface area contributed by atoms with Crippen molar-refractivity contribution >= 4 is 11.7 Å². The smallest absolute Gasteiger partial charge is 0.280 e. The first-order chi connectivity index (χ1) is 11.5. The van der Waals surface area contributed by atoms with Crippen LogP contribution in [0.5, 0.6) is 0 Å². The minimum Gasteiger partial charge on any atom is -0.327 e. The molecule has 24 heavy (non-hydrogen) atoms. The SMILES string of the molecule is Cc1ccc(-n2nc(C)cc2NC(=O)C[NH+]2CCC[C@@H](C)C2)cc1. The fourth-order valence-electron chi connectivity index (χ4n) is 3.44. The molecule has 1 aromatic heterocycles. The Bertz CT molecular complexity index is 705. The molecule has 1 fully saturated rings. The molecule has 0 bridgehead atoms. The van der Waals surface area contributed by atoms with Gasteiger partial charge in [-0.15, -0.1) is 0 Å². The molecular formula is C19H27N4O+. The quantitative estimate of drug-likeness (QED) is 0.899. The number of amides is 1. The Morgan fingerprint density at radius 2 is 2.08 bits per heavy atom.